The van der Waals surface area contributed by atoms with Crippen LogP contribution in [-0.4, -0.2) is 27.4 Å². The van der Waals surface area contributed by atoms with Gasteiger partial charge in [0.25, 0.3) is 0 Å². The zero-order valence-electron chi connectivity index (χ0n) is 9.17. The first-order valence-electron chi connectivity index (χ1n) is 5.71. The van der Waals surface area contributed by atoms with Gasteiger partial charge in [0, 0.05) is 6.20 Å². The van der Waals surface area contributed by atoms with Gasteiger partial charge in [-0.2, -0.15) is 5.10 Å². The minimum atomic E-state index is -0.918. The molecule has 1 aliphatic rings. The van der Waals surface area contributed by atoms with Gasteiger partial charge < -0.3 is 10.8 Å². The number of carbonyl (C=O) groups is 1. The molecule has 0 radical (unpaired) electrons. The summed E-state index contributed by atoms with van der Waals surface area (Å²) < 4.78 is 1.64. The van der Waals surface area contributed by atoms with Crippen LogP contribution in [0.5, 0.6) is 0 Å². The lowest BCUT2D eigenvalue weighted by Gasteiger charge is -2.31. The maximum atomic E-state index is 11.0. The molecule has 5 heteroatoms. The van der Waals surface area contributed by atoms with Crippen LogP contribution in [0.1, 0.15) is 42.2 Å². The molecule has 0 aromatic carbocycles. The lowest BCUT2D eigenvalue weighted by molar-refractivity contribution is 0.0673. The van der Waals surface area contributed by atoms with Gasteiger partial charge >= 0.3 is 5.97 Å². The Morgan fingerprint density at radius 2 is 2.31 bits per heavy atom. The summed E-state index contributed by atoms with van der Waals surface area (Å²) in [7, 11) is 0. The molecule has 1 aliphatic carbocycles. The molecule has 1 aromatic rings. The number of aromatic nitrogens is 2. The van der Waals surface area contributed by atoms with Crippen molar-refractivity contribution in [1.82, 2.24) is 9.78 Å². The number of rotatable bonds is 3. The Bertz CT molecular complexity index is 375. The first-order chi connectivity index (χ1) is 7.74. The molecule has 0 saturated heterocycles. The van der Waals surface area contributed by atoms with Crippen molar-refractivity contribution in [3.05, 3.63) is 18.0 Å². The van der Waals surface area contributed by atoms with Crippen LogP contribution in [-0.2, 0) is 0 Å². The van der Waals surface area contributed by atoms with E-state index in [2.05, 4.69) is 5.10 Å². The molecule has 2 rings (SSSR count). The number of hydrogen-bond acceptors (Lipinski definition) is 3. The van der Waals surface area contributed by atoms with Crippen LogP contribution < -0.4 is 5.73 Å². The molecule has 5 nitrogen and oxygen atoms in total. The number of carboxylic acid groups (broad SMARTS) is 1. The van der Waals surface area contributed by atoms with E-state index in [9.17, 15) is 4.79 Å². The van der Waals surface area contributed by atoms with E-state index in [0.717, 1.165) is 19.3 Å². The summed E-state index contributed by atoms with van der Waals surface area (Å²) in [6.07, 6.45) is 5.90. The van der Waals surface area contributed by atoms with Crippen molar-refractivity contribution in [2.75, 3.05) is 6.54 Å². The molecule has 0 spiro atoms. The number of nitrogens with two attached hydrogens (primary N) is 1. The van der Waals surface area contributed by atoms with E-state index >= 15 is 0 Å². The van der Waals surface area contributed by atoms with Gasteiger partial charge in [-0.15, -0.1) is 0 Å². The van der Waals surface area contributed by atoms with Crippen LogP contribution in [0.3, 0.4) is 0 Å². The Balaban J connectivity index is 2.27. The molecular formula is C11H17N3O2. The molecule has 0 aliphatic heterocycles. The molecule has 88 valence electrons. The van der Waals surface area contributed by atoms with Crippen LogP contribution in [0.4, 0.5) is 0 Å². The van der Waals surface area contributed by atoms with Crippen molar-refractivity contribution in [3.63, 3.8) is 0 Å². The second kappa shape index (κ2) is 4.65. The van der Waals surface area contributed by atoms with Gasteiger partial charge in [0.05, 0.1) is 6.04 Å². The standard InChI is InChI=1S/C11H17N3O2/c12-7-8-3-1-2-4-9(8)14-10(11(15)16)5-6-13-14/h5-6,8-9H,1-4,7,12H2,(H,15,16). The Kier molecular flexibility index (Phi) is 3.24. The topological polar surface area (TPSA) is 81.1 Å². The third-order valence-electron chi connectivity index (χ3n) is 3.38. The van der Waals surface area contributed by atoms with E-state index in [4.69, 9.17) is 10.8 Å². The Morgan fingerprint density at radius 3 is 3.00 bits per heavy atom. The number of hydrogen-bond donors (Lipinski definition) is 2. The van der Waals surface area contributed by atoms with Crippen molar-refractivity contribution in [3.8, 4) is 0 Å². The first-order valence-corrected chi connectivity index (χ1v) is 5.71. The van der Waals surface area contributed by atoms with Crippen molar-refractivity contribution in [2.24, 2.45) is 11.7 Å². The van der Waals surface area contributed by atoms with Gasteiger partial charge in [-0.25, -0.2) is 4.79 Å². The van der Waals surface area contributed by atoms with E-state index < -0.39 is 5.97 Å². The predicted octanol–water partition coefficient (Wildman–Crippen LogP) is 1.27. The van der Waals surface area contributed by atoms with Crippen molar-refractivity contribution in [2.45, 2.75) is 31.7 Å². The van der Waals surface area contributed by atoms with Gasteiger partial charge in [0.2, 0.25) is 0 Å². The molecule has 1 heterocycles. The smallest absolute Gasteiger partial charge is 0.354 e. The van der Waals surface area contributed by atoms with Crippen molar-refractivity contribution >= 4 is 5.97 Å². The quantitative estimate of drug-likeness (QED) is 0.808. The fourth-order valence-electron chi connectivity index (χ4n) is 2.53. The third-order valence-corrected chi connectivity index (χ3v) is 3.38. The largest absolute Gasteiger partial charge is 0.477 e. The maximum absolute atomic E-state index is 11.0. The normalized spacial score (nSPS) is 25.6. The number of nitrogens with zero attached hydrogens (tertiary/aromatic N) is 2. The summed E-state index contributed by atoms with van der Waals surface area (Å²) in [6.45, 7) is 0.601. The molecule has 3 N–H and O–H groups in total. The Labute approximate surface area is 94.2 Å². The highest BCUT2D eigenvalue weighted by Gasteiger charge is 2.28. The second-order valence-electron chi connectivity index (χ2n) is 4.31. The fraction of sp³-hybridized carbons (Fsp3) is 0.636. The summed E-state index contributed by atoms with van der Waals surface area (Å²) in [4.78, 5) is 11.0. The predicted molar refractivity (Wildman–Crippen MR) is 59.2 cm³/mol. The van der Waals surface area contributed by atoms with Crippen LogP contribution in [0.15, 0.2) is 12.3 Å². The van der Waals surface area contributed by atoms with Crippen LogP contribution in [0, 0.1) is 5.92 Å². The molecule has 2 unspecified atom stereocenters. The van der Waals surface area contributed by atoms with Crippen LogP contribution >= 0.6 is 0 Å². The van der Waals surface area contributed by atoms with E-state index in [1.807, 2.05) is 0 Å². The van der Waals surface area contributed by atoms with Gasteiger partial charge in [0.15, 0.2) is 0 Å². The highest BCUT2D eigenvalue weighted by Crippen LogP contribution is 2.33. The van der Waals surface area contributed by atoms with Gasteiger partial charge in [-0.3, -0.25) is 4.68 Å². The average Bonchev–Trinajstić information content (AvgIpc) is 2.77. The SMILES string of the molecule is NCC1CCCCC1n1nccc1C(=O)O. The third kappa shape index (κ3) is 1.95. The van der Waals surface area contributed by atoms with Gasteiger partial charge in [-0.05, 0) is 31.4 Å². The molecule has 0 bridgehead atoms. The highest BCUT2D eigenvalue weighted by molar-refractivity contribution is 5.85. The second-order valence-corrected chi connectivity index (χ2v) is 4.31. The van der Waals surface area contributed by atoms with Gasteiger partial charge in [0.1, 0.15) is 5.69 Å². The summed E-state index contributed by atoms with van der Waals surface area (Å²) in [5.41, 5.74) is 6.01. The van der Waals surface area contributed by atoms with Crippen LogP contribution in [0.2, 0.25) is 0 Å². The maximum Gasteiger partial charge on any atom is 0.354 e. The fourth-order valence-corrected chi connectivity index (χ4v) is 2.53. The minimum absolute atomic E-state index is 0.153. The van der Waals surface area contributed by atoms with Gasteiger partial charge in [-0.1, -0.05) is 12.8 Å². The molecule has 2 atom stereocenters. The number of carboxylic acids is 1. The molecular weight excluding hydrogens is 206 g/mol. The molecule has 16 heavy (non-hydrogen) atoms. The zero-order valence-corrected chi connectivity index (χ0v) is 9.17. The molecule has 1 aromatic heterocycles. The van der Waals surface area contributed by atoms with E-state index in [0.29, 0.717) is 12.5 Å². The zero-order chi connectivity index (χ0) is 11.5. The first kappa shape index (κ1) is 11.1. The van der Waals surface area contributed by atoms with E-state index in [1.54, 1.807) is 16.9 Å². The molecule has 0 amide bonds. The van der Waals surface area contributed by atoms with Crippen molar-refractivity contribution < 1.29 is 9.90 Å². The molecule has 1 saturated carbocycles. The summed E-state index contributed by atoms with van der Waals surface area (Å²) in [5.74, 6) is -0.564. The summed E-state index contributed by atoms with van der Waals surface area (Å²) >= 11 is 0. The summed E-state index contributed by atoms with van der Waals surface area (Å²) in [5, 5.41) is 13.2. The lowest BCUT2D eigenvalue weighted by Crippen LogP contribution is -2.31. The number of aromatic carboxylic acids is 1. The minimum Gasteiger partial charge on any atom is -0.477 e. The Hall–Kier alpha value is -1.36. The Morgan fingerprint density at radius 1 is 1.56 bits per heavy atom. The van der Waals surface area contributed by atoms with E-state index in [-0.39, 0.29) is 11.7 Å². The molecule has 1 fully saturated rings. The lowest BCUT2D eigenvalue weighted by atomic mass is 9.84. The van der Waals surface area contributed by atoms with Crippen molar-refractivity contribution in [1.29, 1.82) is 0 Å². The van der Waals surface area contributed by atoms with Crippen LogP contribution in [0.25, 0.3) is 0 Å². The highest BCUT2D eigenvalue weighted by atomic mass is 16.4. The monoisotopic (exact) mass is 223 g/mol. The average molecular weight is 223 g/mol. The van der Waals surface area contributed by atoms with E-state index in [1.165, 1.54) is 6.42 Å². The summed E-state index contributed by atoms with van der Waals surface area (Å²) in [6, 6.07) is 1.70.